The zero-order valence-electron chi connectivity index (χ0n) is 11.6. The molecule has 106 valence electrons. The second kappa shape index (κ2) is 5.72. The Kier molecular flexibility index (Phi) is 3.61. The molecule has 3 aromatic rings. The average Bonchev–Trinajstić information content (AvgIpc) is 2.47. The summed E-state index contributed by atoms with van der Waals surface area (Å²) in [6, 6.07) is 11.5. The zero-order chi connectivity index (χ0) is 14.7. The largest absolute Gasteiger partial charge is 0.384 e. The molecule has 2 heterocycles. The van der Waals surface area contributed by atoms with Crippen molar-refractivity contribution in [2.45, 2.75) is 6.61 Å². The summed E-state index contributed by atoms with van der Waals surface area (Å²) in [7, 11) is 1.59. The molecule has 0 aliphatic rings. The van der Waals surface area contributed by atoms with E-state index in [2.05, 4.69) is 20.3 Å². The van der Waals surface area contributed by atoms with Gasteiger partial charge in [-0.1, -0.05) is 18.2 Å². The minimum Gasteiger partial charge on any atom is -0.384 e. The first-order chi connectivity index (χ1) is 10.3. The molecule has 0 aliphatic heterocycles. The Labute approximate surface area is 122 Å². The Morgan fingerprint density at radius 2 is 2.05 bits per heavy atom. The number of fused-ring (bicyclic) bond motifs is 1. The minimum atomic E-state index is 0.313. The molecule has 21 heavy (non-hydrogen) atoms. The monoisotopic (exact) mass is 281 g/mol. The molecule has 6 nitrogen and oxygen atoms in total. The van der Waals surface area contributed by atoms with Gasteiger partial charge in [-0.3, -0.25) is 4.98 Å². The zero-order valence-corrected chi connectivity index (χ0v) is 11.6. The van der Waals surface area contributed by atoms with Crippen LogP contribution in [-0.2, 0) is 11.3 Å². The summed E-state index contributed by atoms with van der Waals surface area (Å²) in [4.78, 5) is 12.9. The van der Waals surface area contributed by atoms with E-state index < -0.39 is 0 Å². The smallest absolute Gasteiger partial charge is 0.158 e. The topological polar surface area (TPSA) is 86.0 Å². The van der Waals surface area contributed by atoms with Crippen molar-refractivity contribution in [2.75, 3.05) is 18.2 Å². The molecule has 0 saturated carbocycles. The van der Waals surface area contributed by atoms with Crippen molar-refractivity contribution in [3.05, 3.63) is 48.4 Å². The normalized spacial score (nSPS) is 10.7. The SMILES string of the molecule is COCc1nc(N)cc(Nc2cccc3cccnc23)n1. The first-order valence-corrected chi connectivity index (χ1v) is 6.49. The number of para-hydroxylation sites is 1. The highest BCUT2D eigenvalue weighted by atomic mass is 16.5. The number of anilines is 3. The van der Waals surface area contributed by atoms with Crippen LogP contribution < -0.4 is 11.1 Å². The van der Waals surface area contributed by atoms with Crippen molar-refractivity contribution in [3.8, 4) is 0 Å². The summed E-state index contributed by atoms with van der Waals surface area (Å²) in [6.07, 6.45) is 1.76. The molecular weight excluding hydrogens is 266 g/mol. The number of methoxy groups -OCH3 is 1. The van der Waals surface area contributed by atoms with Crippen molar-refractivity contribution in [2.24, 2.45) is 0 Å². The maximum absolute atomic E-state index is 5.79. The average molecular weight is 281 g/mol. The van der Waals surface area contributed by atoms with Crippen LogP contribution >= 0.6 is 0 Å². The molecule has 6 heteroatoms. The Morgan fingerprint density at radius 3 is 2.90 bits per heavy atom. The number of benzene rings is 1. The van der Waals surface area contributed by atoms with Crippen LogP contribution in [0.3, 0.4) is 0 Å². The van der Waals surface area contributed by atoms with Crippen LogP contribution in [0, 0.1) is 0 Å². The van der Waals surface area contributed by atoms with E-state index in [9.17, 15) is 0 Å². The van der Waals surface area contributed by atoms with Crippen molar-refractivity contribution < 1.29 is 4.74 Å². The first kappa shape index (κ1) is 13.3. The summed E-state index contributed by atoms with van der Waals surface area (Å²) in [5.74, 6) is 1.55. The van der Waals surface area contributed by atoms with Gasteiger partial charge in [0.05, 0.1) is 11.2 Å². The Morgan fingerprint density at radius 1 is 1.19 bits per heavy atom. The molecular formula is C15H15N5O. The van der Waals surface area contributed by atoms with Crippen molar-refractivity contribution in [1.82, 2.24) is 15.0 Å². The van der Waals surface area contributed by atoms with Gasteiger partial charge in [0.2, 0.25) is 0 Å². The number of nitrogen functional groups attached to an aromatic ring is 1. The van der Waals surface area contributed by atoms with Gasteiger partial charge in [0, 0.05) is 24.8 Å². The molecule has 3 rings (SSSR count). The number of hydrogen-bond donors (Lipinski definition) is 2. The van der Waals surface area contributed by atoms with E-state index >= 15 is 0 Å². The summed E-state index contributed by atoms with van der Waals surface area (Å²) >= 11 is 0. The fraction of sp³-hybridized carbons (Fsp3) is 0.133. The van der Waals surface area contributed by atoms with E-state index in [0.29, 0.717) is 24.1 Å². The van der Waals surface area contributed by atoms with Crippen molar-refractivity contribution in [3.63, 3.8) is 0 Å². The van der Waals surface area contributed by atoms with Gasteiger partial charge in [-0.15, -0.1) is 0 Å². The van der Waals surface area contributed by atoms with E-state index in [1.165, 1.54) is 0 Å². The van der Waals surface area contributed by atoms with Crippen LogP contribution in [0.2, 0.25) is 0 Å². The molecule has 1 aromatic carbocycles. The third-order valence-electron chi connectivity index (χ3n) is 2.96. The summed E-state index contributed by atoms with van der Waals surface area (Å²) < 4.78 is 5.04. The number of nitrogens with two attached hydrogens (primary N) is 1. The summed E-state index contributed by atoms with van der Waals surface area (Å²) in [5.41, 5.74) is 7.54. The first-order valence-electron chi connectivity index (χ1n) is 6.49. The lowest BCUT2D eigenvalue weighted by atomic mass is 10.2. The molecule has 0 amide bonds. The van der Waals surface area contributed by atoms with Crippen LogP contribution in [0.4, 0.5) is 17.3 Å². The molecule has 0 bridgehead atoms. The molecule has 0 atom stereocenters. The van der Waals surface area contributed by atoms with Crippen LogP contribution in [-0.4, -0.2) is 22.1 Å². The number of hydrogen-bond acceptors (Lipinski definition) is 6. The van der Waals surface area contributed by atoms with Crippen molar-refractivity contribution in [1.29, 1.82) is 0 Å². The highest BCUT2D eigenvalue weighted by molar-refractivity contribution is 5.91. The molecule has 0 spiro atoms. The molecule has 3 N–H and O–H groups in total. The van der Waals surface area contributed by atoms with E-state index in [0.717, 1.165) is 16.6 Å². The van der Waals surface area contributed by atoms with Gasteiger partial charge in [-0.25, -0.2) is 9.97 Å². The third kappa shape index (κ3) is 2.90. The Balaban J connectivity index is 1.98. The van der Waals surface area contributed by atoms with Gasteiger partial charge in [0.25, 0.3) is 0 Å². The molecule has 2 aromatic heterocycles. The molecule has 0 fully saturated rings. The summed E-state index contributed by atoms with van der Waals surface area (Å²) in [5, 5.41) is 4.29. The lowest BCUT2D eigenvalue weighted by Crippen LogP contribution is -2.04. The van der Waals surface area contributed by atoms with Gasteiger partial charge in [0.1, 0.15) is 18.2 Å². The number of ether oxygens (including phenoxy) is 1. The Bertz CT molecular complexity index is 770. The Hall–Kier alpha value is -2.73. The minimum absolute atomic E-state index is 0.313. The molecule has 0 radical (unpaired) electrons. The van der Waals surface area contributed by atoms with Crippen LogP contribution in [0.15, 0.2) is 42.6 Å². The third-order valence-corrected chi connectivity index (χ3v) is 2.96. The van der Waals surface area contributed by atoms with Crippen LogP contribution in [0.5, 0.6) is 0 Å². The van der Waals surface area contributed by atoms with E-state index in [4.69, 9.17) is 10.5 Å². The standard InChI is InChI=1S/C15H15N5O/c1-21-9-14-19-12(16)8-13(20-14)18-11-6-2-4-10-5-3-7-17-15(10)11/h2-8H,9H2,1H3,(H3,16,18,19,20). The summed E-state index contributed by atoms with van der Waals surface area (Å²) in [6.45, 7) is 0.313. The number of pyridine rings is 1. The molecule has 0 saturated heterocycles. The fourth-order valence-corrected chi connectivity index (χ4v) is 2.12. The predicted molar refractivity (Wildman–Crippen MR) is 82.2 cm³/mol. The number of nitrogens with zero attached hydrogens (tertiary/aromatic N) is 3. The highest BCUT2D eigenvalue weighted by Gasteiger charge is 2.06. The fourth-order valence-electron chi connectivity index (χ4n) is 2.12. The molecule has 0 unspecified atom stereocenters. The number of nitrogens with one attached hydrogen (secondary N) is 1. The quantitative estimate of drug-likeness (QED) is 0.764. The van der Waals surface area contributed by atoms with Gasteiger partial charge in [-0.05, 0) is 12.1 Å². The maximum Gasteiger partial charge on any atom is 0.158 e. The van der Waals surface area contributed by atoms with E-state index in [1.54, 1.807) is 19.4 Å². The predicted octanol–water partition coefficient (Wildman–Crippen LogP) is 2.50. The molecule has 0 aliphatic carbocycles. The second-order valence-corrected chi connectivity index (χ2v) is 4.53. The van der Waals surface area contributed by atoms with E-state index in [1.807, 2.05) is 30.3 Å². The second-order valence-electron chi connectivity index (χ2n) is 4.53. The number of aromatic nitrogens is 3. The van der Waals surface area contributed by atoms with E-state index in [-0.39, 0.29) is 0 Å². The lowest BCUT2D eigenvalue weighted by Gasteiger charge is -2.10. The maximum atomic E-state index is 5.79. The number of rotatable bonds is 4. The van der Waals surface area contributed by atoms with Gasteiger partial charge in [0.15, 0.2) is 5.82 Å². The highest BCUT2D eigenvalue weighted by Crippen LogP contribution is 2.24. The van der Waals surface area contributed by atoms with Crippen LogP contribution in [0.1, 0.15) is 5.82 Å². The van der Waals surface area contributed by atoms with Gasteiger partial charge in [-0.2, -0.15) is 0 Å². The van der Waals surface area contributed by atoms with Crippen molar-refractivity contribution >= 4 is 28.2 Å². The van der Waals surface area contributed by atoms with Gasteiger partial charge >= 0.3 is 0 Å². The van der Waals surface area contributed by atoms with Gasteiger partial charge < -0.3 is 15.8 Å². The lowest BCUT2D eigenvalue weighted by molar-refractivity contribution is 0.178. The van der Waals surface area contributed by atoms with Crippen LogP contribution in [0.25, 0.3) is 10.9 Å².